The molecule has 226 valence electrons. The van der Waals surface area contributed by atoms with E-state index in [0.717, 1.165) is 37.9 Å². The summed E-state index contributed by atoms with van der Waals surface area (Å²) >= 11 is 0. The normalized spacial score (nSPS) is 12.4. The highest BCUT2D eigenvalue weighted by atomic mass is 32.2. The molecule has 2 aromatic heterocycles. The Bertz CT molecular complexity index is 1660. The smallest absolute Gasteiger partial charge is 0.277 e. The molecule has 0 fully saturated rings. The first-order valence-corrected chi connectivity index (χ1v) is 16.2. The first kappa shape index (κ1) is 31.1. The molecule has 4 aromatic rings. The number of rotatable bonds is 15. The molecular formula is C31H41N5O5S. The molecule has 0 spiro atoms. The van der Waals surface area contributed by atoms with Crippen molar-refractivity contribution in [2.24, 2.45) is 0 Å². The average molecular weight is 596 g/mol. The van der Waals surface area contributed by atoms with Gasteiger partial charge in [-0.3, -0.25) is 9.52 Å². The van der Waals surface area contributed by atoms with Crippen LogP contribution in [0.4, 0.5) is 5.69 Å². The monoisotopic (exact) mass is 595 g/mol. The summed E-state index contributed by atoms with van der Waals surface area (Å²) in [5, 5.41) is 4.81. The number of imidazole rings is 1. The molecule has 0 radical (unpaired) electrons. The van der Waals surface area contributed by atoms with Crippen molar-refractivity contribution in [2.75, 3.05) is 17.9 Å². The first-order valence-electron chi connectivity index (χ1n) is 14.7. The second-order valence-corrected chi connectivity index (χ2v) is 11.9. The number of aromatic nitrogens is 4. The molecule has 1 atom stereocenters. The Balaban J connectivity index is 1.76. The number of unbranched alkanes of at least 4 members (excludes halogenated alkanes) is 3. The van der Waals surface area contributed by atoms with E-state index in [0.29, 0.717) is 47.2 Å². The van der Waals surface area contributed by atoms with E-state index in [1.54, 1.807) is 34.8 Å². The van der Waals surface area contributed by atoms with Gasteiger partial charge in [-0.2, -0.15) is 0 Å². The maximum absolute atomic E-state index is 13.4. The summed E-state index contributed by atoms with van der Waals surface area (Å²) < 4.78 is 42.3. The van der Waals surface area contributed by atoms with Crippen LogP contribution in [0.2, 0.25) is 0 Å². The molecule has 0 aliphatic rings. The zero-order valence-corrected chi connectivity index (χ0v) is 25.9. The van der Waals surface area contributed by atoms with Gasteiger partial charge in [-0.15, -0.1) is 5.10 Å². The Morgan fingerprint density at radius 2 is 1.71 bits per heavy atom. The van der Waals surface area contributed by atoms with Crippen molar-refractivity contribution >= 4 is 21.2 Å². The number of fused-ring (bicyclic) bond motifs is 1. The van der Waals surface area contributed by atoms with E-state index in [1.807, 2.05) is 20.8 Å². The second kappa shape index (κ2) is 13.9. The fraction of sp³-hybridized carbons (Fsp3) is 0.452. The van der Waals surface area contributed by atoms with E-state index in [-0.39, 0.29) is 22.2 Å². The number of ether oxygens (including phenoxy) is 2. The molecule has 0 saturated carbocycles. The van der Waals surface area contributed by atoms with Crippen molar-refractivity contribution in [1.82, 2.24) is 19.6 Å². The van der Waals surface area contributed by atoms with Crippen LogP contribution in [-0.2, 0) is 10.0 Å². The molecule has 10 nitrogen and oxygen atoms in total. The van der Waals surface area contributed by atoms with Crippen molar-refractivity contribution in [1.29, 1.82) is 0 Å². The summed E-state index contributed by atoms with van der Waals surface area (Å²) in [6.45, 7) is 10.7. The molecule has 42 heavy (non-hydrogen) atoms. The van der Waals surface area contributed by atoms with Crippen LogP contribution < -0.4 is 19.8 Å². The number of nitrogens with zero attached hydrogens (tertiary/aromatic N) is 3. The molecule has 2 heterocycles. The van der Waals surface area contributed by atoms with Gasteiger partial charge in [-0.25, -0.2) is 17.9 Å². The van der Waals surface area contributed by atoms with Crippen molar-refractivity contribution in [3.63, 3.8) is 0 Å². The molecule has 0 saturated heterocycles. The maximum Gasteiger partial charge on any atom is 0.277 e. The van der Waals surface area contributed by atoms with Crippen molar-refractivity contribution in [3.05, 3.63) is 64.3 Å². The van der Waals surface area contributed by atoms with E-state index in [9.17, 15) is 13.2 Å². The van der Waals surface area contributed by atoms with Crippen LogP contribution >= 0.6 is 0 Å². The number of nitrogens with one attached hydrogen (secondary N) is 2. The molecule has 0 aliphatic heterocycles. The van der Waals surface area contributed by atoms with Crippen LogP contribution in [0.25, 0.3) is 16.9 Å². The number of sulfonamides is 1. The minimum absolute atomic E-state index is 0.00183. The fourth-order valence-corrected chi connectivity index (χ4v) is 6.14. The number of aryl methyl sites for hydroxylation is 1. The second-order valence-electron chi connectivity index (χ2n) is 10.2. The largest absolute Gasteiger partial charge is 0.494 e. The van der Waals surface area contributed by atoms with Crippen LogP contribution in [-0.4, -0.2) is 41.2 Å². The van der Waals surface area contributed by atoms with E-state index in [4.69, 9.17) is 19.6 Å². The highest BCUT2D eigenvalue weighted by Crippen LogP contribution is 2.32. The highest BCUT2D eigenvalue weighted by molar-refractivity contribution is 7.92. The van der Waals surface area contributed by atoms with Crippen LogP contribution in [0.5, 0.6) is 11.5 Å². The average Bonchev–Trinajstić information content (AvgIpc) is 3.30. The number of aromatic amines is 1. The van der Waals surface area contributed by atoms with Gasteiger partial charge in [0.1, 0.15) is 17.3 Å². The molecule has 11 heteroatoms. The Morgan fingerprint density at radius 1 is 0.976 bits per heavy atom. The molecular weight excluding hydrogens is 554 g/mol. The SMILES string of the molecule is CCCCCCC(CC)c1nc(C)c2c(=O)[nH]c(-c3cc(S(=O)(=O)Nc4ccc(OCC)cc4)ccc3OCC)nn12. The van der Waals surface area contributed by atoms with Crippen LogP contribution in [0.3, 0.4) is 0 Å². The fourth-order valence-electron chi connectivity index (χ4n) is 5.05. The summed E-state index contributed by atoms with van der Waals surface area (Å²) in [4.78, 5) is 21.0. The lowest BCUT2D eigenvalue weighted by Crippen LogP contribution is -2.17. The molecule has 0 amide bonds. The molecule has 4 rings (SSSR count). The van der Waals surface area contributed by atoms with Crippen molar-refractivity contribution < 1.29 is 17.9 Å². The zero-order valence-electron chi connectivity index (χ0n) is 25.1. The van der Waals surface area contributed by atoms with Crippen LogP contribution in [0.15, 0.2) is 52.2 Å². The van der Waals surface area contributed by atoms with Gasteiger partial charge in [0, 0.05) is 11.6 Å². The summed E-state index contributed by atoms with van der Waals surface area (Å²) in [5.74, 6) is 2.14. The third-order valence-corrected chi connectivity index (χ3v) is 8.58. The number of hydrogen-bond acceptors (Lipinski definition) is 7. The lowest BCUT2D eigenvalue weighted by molar-refractivity contribution is 0.340. The van der Waals surface area contributed by atoms with Crippen molar-refractivity contribution in [3.8, 4) is 22.9 Å². The van der Waals surface area contributed by atoms with E-state index < -0.39 is 10.0 Å². The van der Waals surface area contributed by atoms with Crippen molar-refractivity contribution in [2.45, 2.75) is 84.0 Å². The van der Waals surface area contributed by atoms with Gasteiger partial charge in [-0.1, -0.05) is 39.5 Å². The van der Waals surface area contributed by atoms with Crippen LogP contribution in [0.1, 0.15) is 83.7 Å². The Labute approximate surface area is 247 Å². The summed E-state index contributed by atoms with van der Waals surface area (Å²) in [5.41, 5.74) is 1.40. The Hall–Kier alpha value is -3.86. The quantitative estimate of drug-likeness (QED) is 0.151. The summed E-state index contributed by atoms with van der Waals surface area (Å²) in [6, 6.07) is 11.2. The van der Waals surface area contributed by atoms with E-state index in [1.165, 1.54) is 18.6 Å². The predicted octanol–water partition coefficient (Wildman–Crippen LogP) is 6.46. The van der Waals surface area contributed by atoms with Gasteiger partial charge in [0.25, 0.3) is 15.6 Å². The van der Waals surface area contributed by atoms with Crippen LogP contribution in [0, 0.1) is 6.92 Å². The third kappa shape index (κ3) is 6.95. The Morgan fingerprint density at radius 3 is 2.38 bits per heavy atom. The molecule has 0 aliphatic carbocycles. The first-order chi connectivity index (χ1) is 20.2. The molecule has 2 N–H and O–H groups in total. The van der Waals surface area contributed by atoms with Gasteiger partial charge in [0.15, 0.2) is 11.3 Å². The topological polar surface area (TPSA) is 128 Å². The third-order valence-electron chi connectivity index (χ3n) is 7.20. The van der Waals surface area contributed by atoms with E-state index in [2.05, 4.69) is 23.6 Å². The molecule has 1 unspecified atom stereocenters. The van der Waals surface area contributed by atoms with Gasteiger partial charge >= 0.3 is 0 Å². The van der Waals surface area contributed by atoms with Gasteiger partial charge in [0.05, 0.1) is 29.4 Å². The lowest BCUT2D eigenvalue weighted by atomic mass is 9.97. The maximum atomic E-state index is 13.4. The number of hydrogen-bond donors (Lipinski definition) is 2. The predicted molar refractivity (Wildman–Crippen MR) is 165 cm³/mol. The highest BCUT2D eigenvalue weighted by Gasteiger charge is 2.23. The van der Waals surface area contributed by atoms with E-state index >= 15 is 0 Å². The number of benzene rings is 2. The summed E-state index contributed by atoms with van der Waals surface area (Å²) in [7, 11) is -3.98. The minimum Gasteiger partial charge on any atom is -0.494 e. The number of anilines is 1. The van der Waals surface area contributed by atoms with Gasteiger partial charge < -0.3 is 14.5 Å². The van der Waals surface area contributed by atoms with Gasteiger partial charge in [0.2, 0.25) is 0 Å². The molecule has 2 aromatic carbocycles. The number of H-pyrrole nitrogens is 1. The Kier molecular flexibility index (Phi) is 10.3. The lowest BCUT2D eigenvalue weighted by Gasteiger charge is -2.15. The molecule has 0 bridgehead atoms. The summed E-state index contributed by atoms with van der Waals surface area (Å²) in [6.07, 6.45) is 6.39. The standard InChI is InChI=1S/C31H41N5O5S/c1-6-10-11-12-13-22(7-2)30-32-21(5)28-31(37)33-29(34-36(28)30)26-20-25(18-19-27(26)41-9-4)42(38,39)35-23-14-16-24(17-15-23)40-8-3/h14-20,22,35H,6-13H2,1-5H3,(H,33,34,37). The van der Waals surface area contributed by atoms with Gasteiger partial charge in [-0.05, 0) is 76.1 Å². The zero-order chi connectivity index (χ0) is 30.3. The minimum atomic E-state index is -3.98.